The van der Waals surface area contributed by atoms with Gasteiger partial charge < -0.3 is 15.0 Å². The van der Waals surface area contributed by atoms with E-state index in [2.05, 4.69) is 45.9 Å². The lowest BCUT2D eigenvalue weighted by molar-refractivity contribution is 0.368. The number of ether oxygens (including phenoxy) is 1. The molecule has 116 valence electrons. The summed E-state index contributed by atoms with van der Waals surface area (Å²) < 4.78 is 7.20. The number of rotatable bonds is 6. The van der Waals surface area contributed by atoms with Crippen molar-refractivity contribution in [3.63, 3.8) is 0 Å². The number of aromatic amines is 1. The lowest BCUT2D eigenvalue weighted by atomic mass is 10.1. The quantitative estimate of drug-likeness (QED) is 0.688. The molecule has 0 radical (unpaired) electrons. The van der Waals surface area contributed by atoms with Crippen LogP contribution >= 0.6 is 0 Å². The van der Waals surface area contributed by atoms with Gasteiger partial charge in [0.1, 0.15) is 0 Å². The molecular formula is C17H22N4O. The Hall–Kier alpha value is -2.27. The first-order chi connectivity index (χ1) is 10.7. The molecule has 22 heavy (non-hydrogen) atoms. The van der Waals surface area contributed by atoms with Gasteiger partial charge in [0.05, 0.1) is 18.4 Å². The molecule has 5 heteroatoms. The van der Waals surface area contributed by atoms with E-state index in [9.17, 15) is 0 Å². The molecule has 2 N–H and O–H groups in total. The molecule has 0 aliphatic heterocycles. The molecule has 0 atom stereocenters. The number of aryl methyl sites for hydroxylation is 2. The Morgan fingerprint density at radius 2 is 2.14 bits per heavy atom. The second-order valence-electron chi connectivity index (χ2n) is 5.48. The molecule has 0 saturated carbocycles. The van der Waals surface area contributed by atoms with Crippen LogP contribution in [0.5, 0.6) is 5.88 Å². The molecule has 0 amide bonds. The number of fused-ring (bicyclic) bond motifs is 1. The van der Waals surface area contributed by atoms with Crippen molar-refractivity contribution >= 4 is 10.9 Å². The normalized spacial score (nSPS) is 11.2. The van der Waals surface area contributed by atoms with Crippen molar-refractivity contribution in [2.24, 2.45) is 7.05 Å². The zero-order chi connectivity index (χ0) is 15.5. The Morgan fingerprint density at radius 1 is 1.32 bits per heavy atom. The van der Waals surface area contributed by atoms with Gasteiger partial charge in [-0.05, 0) is 31.5 Å². The number of aromatic nitrogens is 3. The van der Waals surface area contributed by atoms with Crippen LogP contribution in [0.15, 0.2) is 30.5 Å². The first-order valence-corrected chi connectivity index (χ1v) is 7.53. The van der Waals surface area contributed by atoms with E-state index in [4.69, 9.17) is 4.74 Å². The van der Waals surface area contributed by atoms with Gasteiger partial charge in [-0.3, -0.25) is 0 Å². The Kier molecular flexibility index (Phi) is 4.15. The van der Waals surface area contributed by atoms with E-state index in [0.29, 0.717) is 0 Å². The maximum Gasteiger partial charge on any atom is 0.216 e. The summed E-state index contributed by atoms with van der Waals surface area (Å²) in [7, 11) is 3.59. The summed E-state index contributed by atoms with van der Waals surface area (Å²) in [5.41, 5.74) is 4.68. The van der Waals surface area contributed by atoms with Crippen LogP contribution in [0.25, 0.3) is 10.9 Å². The Balaban J connectivity index is 1.60. The van der Waals surface area contributed by atoms with E-state index < -0.39 is 0 Å². The first kappa shape index (κ1) is 14.7. The zero-order valence-corrected chi connectivity index (χ0v) is 13.3. The molecular weight excluding hydrogens is 276 g/mol. The monoisotopic (exact) mass is 298 g/mol. The number of H-pyrrole nitrogens is 1. The molecule has 0 saturated heterocycles. The number of para-hydroxylation sites is 1. The molecule has 0 aliphatic rings. The van der Waals surface area contributed by atoms with Crippen LogP contribution in [0, 0.1) is 6.92 Å². The number of hydrogen-bond acceptors (Lipinski definition) is 3. The Morgan fingerprint density at radius 3 is 2.95 bits per heavy atom. The van der Waals surface area contributed by atoms with Crippen LogP contribution in [-0.4, -0.2) is 28.4 Å². The summed E-state index contributed by atoms with van der Waals surface area (Å²) in [6.45, 7) is 3.70. The fourth-order valence-electron chi connectivity index (χ4n) is 2.91. The summed E-state index contributed by atoms with van der Waals surface area (Å²) >= 11 is 0. The number of nitrogens with zero attached hydrogens (tertiary/aromatic N) is 2. The van der Waals surface area contributed by atoms with Crippen LogP contribution in [0.2, 0.25) is 0 Å². The molecule has 1 aromatic carbocycles. The van der Waals surface area contributed by atoms with E-state index in [1.165, 1.54) is 16.5 Å². The Bertz CT molecular complexity index is 772. The highest BCUT2D eigenvalue weighted by atomic mass is 16.5. The average molecular weight is 298 g/mol. The van der Waals surface area contributed by atoms with Crippen molar-refractivity contribution in [3.8, 4) is 5.88 Å². The maximum atomic E-state index is 5.41. The molecule has 0 fully saturated rings. The van der Waals surface area contributed by atoms with Gasteiger partial charge in [0.2, 0.25) is 5.88 Å². The SMILES string of the molecule is COc1c(CNCCc2c[nH]c3ccccc23)c(C)nn1C. The van der Waals surface area contributed by atoms with Gasteiger partial charge in [0.25, 0.3) is 0 Å². The third-order valence-corrected chi connectivity index (χ3v) is 4.03. The molecule has 3 rings (SSSR count). The summed E-state index contributed by atoms with van der Waals surface area (Å²) in [5.74, 6) is 0.831. The number of hydrogen-bond donors (Lipinski definition) is 2. The fraction of sp³-hybridized carbons (Fsp3) is 0.353. The fourth-order valence-corrected chi connectivity index (χ4v) is 2.91. The van der Waals surface area contributed by atoms with Gasteiger partial charge in [-0.15, -0.1) is 0 Å². The first-order valence-electron chi connectivity index (χ1n) is 7.53. The van der Waals surface area contributed by atoms with E-state index in [1.807, 2.05) is 14.0 Å². The van der Waals surface area contributed by atoms with Crippen molar-refractivity contribution in [3.05, 3.63) is 47.3 Å². The molecule has 0 bridgehead atoms. The number of nitrogens with one attached hydrogen (secondary N) is 2. The van der Waals surface area contributed by atoms with Crippen molar-refractivity contribution in [2.75, 3.05) is 13.7 Å². The smallest absolute Gasteiger partial charge is 0.216 e. The summed E-state index contributed by atoms with van der Waals surface area (Å²) in [6.07, 6.45) is 3.09. The third-order valence-electron chi connectivity index (χ3n) is 4.03. The summed E-state index contributed by atoms with van der Waals surface area (Å²) in [6, 6.07) is 8.40. The highest BCUT2D eigenvalue weighted by Gasteiger charge is 2.13. The second kappa shape index (κ2) is 6.23. The minimum atomic E-state index is 0.769. The highest BCUT2D eigenvalue weighted by Crippen LogP contribution is 2.21. The predicted octanol–water partition coefficient (Wildman–Crippen LogP) is 2.55. The van der Waals surface area contributed by atoms with Crippen LogP contribution in [0.1, 0.15) is 16.8 Å². The van der Waals surface area contributed by atoms with E-state index in [0.717, 1.165) is 36.6 Å². The molecule has 0 spiro atoms. The van der Waals surface area contributed by atoms with E-state index >= 15 is 0 Å². The van der Waals surface area contributed by atoms with Crippen molar-refractivity contribution < 1.29 is 4.74 Å². The number of benzene rings is 1. The van der Waals surface area contributed by atoms with Gasteiger partial charge in [-0.25, -0.2) is 4.68 Å². The highest BCUT2D eigenvalue weighted by molar-refractivity contribution is 5.83. The van der Waals surface area contributed by atoms with Gasteiger partial charge in [0.15, 0.2) is 0 Å². The van der Waals surface area contributed by atoms with Crippen molar-refractivity contribution in [2.45, 2.75) is 19.9 Å². The minimum Gasteiger partial charge on any atom is -0.481 e. The van der Waals surface area contributed by atoms with Crippen molar-refractivity contribution in [1.29, 1.82) is 0 Å². The largest absolute Gasteiger partial charge is 0.481 e. The number of methoxy groups -OCH3 is 1. The molecule has 5 nitrogen and oxygen atoms in total. The topological polar surface area (TPSA) is 54.9 Å². The van der Waals surface area contributed by atoms with Crippen LogP contribution < -0.4 is 10.1 Å². The third kappa shape index (κ3) is 2.72. The average Bonchev–Trinajstić information content (AvgIpc) is 3.04. The van der Waals surface area contributed by atoms with Crippen LogP contribution in [-0.2, 0) is 20.0 Å². The lowest BCUT2D eigenvalue weighted by Crippen LogP contribution is -2.17. The molecule has 0 unspecified atom stereocenters. The van der Waals surface area contributed by atoms with E-state index in [-0.39, 0.29) is 0 Å². The van der Waals surface area contributed by atoms with Crippen LogP contribution in [0.3, 0.4) is 0 Å². The minimum absolute atomic E-state index is 0.769. The van der Waals surface area contributed by atoms with Crippen LogP contribution in [0.4, 0.5) is 0 Å². The van der Waals surface area contributed by atoms with Gasteiger partial charge in [0, 0.05) is 30.7 Å². The van der Waals surface area contributed by atoms with Gasteiger partial charge in [-0.1, -0.05) is 18.2 Å². The zero-order valence-electron chi connectivity index (χ0n) is 13.3. The molecule has 2 aromatic heterocycles. The van der Waals surface area contributed by atoms with Gasteiger partial charge >= 0.3 is 0 Å². The van der Waals surface area contributed by atoms with Crippen molar-refractivity contribution in [1.82, 2.24) is 20.1 Å². The Labute approximate surface area is 130 Å². The van der Waals surface area contributed by atoms with E-state index in [1.54, 1.807) is 11.8 Å². The molecule has 0 aliphatic carbocycles. The maximum absolute atomic E-state index is 5.41. The summed E-state index contributed by atoms with van der Waals surface area (Å²) in [4.78, 5) is 3.32. The lowest BCUT2D eigenvalue weighted by Gasteiger charge is -2.07. The predicted molar refractivity (Wildman–Crippen MR) is 88.2 cm³/mol. The van der Waals surface area contributed by atoms with Gasteiger partial charge in [-0.2, -0.15) is 5.10 Å². The molecule has 3 aromatic rings. The molecule has 2 heterocycles. The standard InChI is InChI=1S/C17H22N4O/c1-12-15(17(22-3)21(2)20-12)11-18-9-8-13-10-19-16-7-5-4-6-14(13)16/h4-7,10,18-19H,8-9,11H2,1-3H3. The second-order valence-corrected chi connectivity index (χ2v) is 5.48. The summed E-state index contributed by atoms with van der Waals surface area (Å²) in [5, 5.41) is 9.19.